The normalized spacial score (nSPS) is 15.7. The third-order valence-corrected chi connectivity index (χ3v) is 8.32. The Bertz CT molecular complexity index is 1550. The van der Waals surface area contributed by atoms with Gasteiger partial charge in [0.2, 0.25) is 0 Å². The van der Waals surface area contributed by atoms with E-state index in [-0.39, 0.29) is 23.8 Å². The first-order valence-electron chi connectivity index (χ1n) is 15.8. The van der Waals surface area contributed by atoms with Gasteiger partial charge in [-0.05, 0) is 36.1 Å². The van der Waals surface area contributed by atoms with Crippen LogP contribution in [0.3, 0.4) is 0 Å². The molecule has 5 rings (SSSR count). The molecule has 2 aromatic heterocycles. The number of esters is 2. The van der Waals surface area contributed by atoms with Crippen LogP contribution in [0.15, 0.2) is 48.5 Å². The molecule has 2 N–H and O–H groups in total. The van der Waals surface area contributed by atoms with E-state index in [0.29, 0.717) is 36.4 Å². The van der Waals surface area contributed by atoms with Crippen molar-refractivity contribution < 1.29 is 19.1 Å². The van der Waals surface area contributed by atoms with Gasteiger partial charge < -0.3 is 20.1 Å². The molecule has 2 aromatic carbocycles. The summed E-state index contributed by atoms with van der Waals surface area (Å²) in [5.41, 5.74) is 1.65. The van der Waals surface area contributed by atoms with Gasteiger partial charge in [-0.1, -0.05) is 52.0 Å². The van der Waals surface area contributed by atoms with Gasteiger partial charge in [0.25, 0.3) is 0 Å². The number of methoxy groups -OCH3 is 2. The second-order valence-corrected chi connectivity index (χ2v) is 12.3. The predicted molar refractivity (Wildman–Crippen MR) is 178 cm³/mol. The van der Waals surface area contributed by atoms with Crippen LogP contribution in [0, 0.1) is 11.8 Å². The molecule has 4 aromatic rings. The zero-order valence-electron chi connectivity index (χ0n) is 27.5. The Morgan fingerprint density at radius 3 is 1.37 bits per heavy atom. The van der Waals surface area contributed by atoms with Crippen LogP contribution in [-0.2, 0) is 32.2 Å². The lowest BCUT2D eigenvalue weighted by Gasteiger charge is -2.34. The number of nitrogens with zero attached hydrogens (tertiary/aromatic N) is 6. The summed E-state index contributed by atoms with van der Waals surface area (Å²) in [6.07, 6.45) is 0. The number of nitrogens with one attached hydrogen (secondary N) is 2. The summed E-state index contributed by atoms with van der Waals surface area (Å²) in [6.45, 7) is 12.4. The average molecular weight is 629 g/mol. The van der Waals surface area contributed by atoms with E-state index < -0.39 is 12.1 Å². The van der Waals surface area contributed by atoms with Gasteiger partial charge in [-0.3, -0.25) is 9.80 Å². The molecular formula is C34H44N8O4. The zero-order valence-corrected chi connectivity index (χ0v) is 27.5. The number of ether oxygens (including phenoxy) is 2. The first-order chi connectivity index (χ1) is 22.2. The molecule has 0 amide bonds. The molecule has 0 spiro atoms. The maximum absolute atomic E-state index is 12.5. The van der Waals surface area contributed by atoms with Crippen LogP contribution in [0.5, 0.6) is 0 Å². The third kappa shape index (κ3) is 7.68. The average Bonchev–Trinajstić information content (AvgIpc) is 3.05. The Kier molecular flexibility index (Phi) is 10.6. The highest BCUT2D eigenvalue weighted by Gasteiger charge is 2.27. The monoisotopic (exact) mass is 628 g/mol. The molecule has 46 heavy (non-hydrogen) atoms. The van der Waals surface area contributed by atoms with Crippen molar-refractivity contribution in [1.29, 1.82) is 0 Å². The van der Waals surface area contributed by atoms with Crippen molar-refractivity contribution in [3.05, 3.63) is 60.2 Å². The van der Waals surface area contributed by atoms with Gasteiger partial charge in [-0.15, -0.1) is 0 Å². The first kappa shape index (κ1) is 33.0. The second-order valence-electron chi connectivity index (χ2n) is 12.3. The van der Waals surface area contributed by atoms with Crippen molar-refractivity contribution in [2.75, 3.05) is 51.0 Å². The number of anilines is 2. The van der Waals surface area contributed by atoms with Gasteiger partial charge in [-0.25, -0.2) is 29.5 Å². The largest absolute Gasteiger partial charge is 0.467 e. The Labute approximate surface area is 269 Å². The van der Waals surface area contributed by atoms with E-state index in [4.69, 9.17) is 29.4 Å². The molecule has 1 unspecified atom stereocenters. The van der Waals surface area contributed by atoms with E-state index in [1.54, 1.807) is 0 Å². The van der Waals surface area contributed by atoms with Crippen molar-refractivity contribution in [1.82, 2.24) is 29.7 Å². The maximum Gasteiger partial charge on any atom is 0.328 e. The van der Waals surface area contributed by atoms with E-state index in [0.717, 1.165) is 48.0 Å². The van der Waals surface area contributed by atoms with E-state index in [1.807, 2.05) is 76.2 Å². The summed E-state index contributed by atoms with van der Waals surface area (Å²) in [7, 11) is 2.80. The van der Waals surface area contributed by atoms with E-state index >= 15 is 0 Å². The predicted octanol–water partition coefficient (Wildman–Crippen LogP) is 4.11. The molecule has 0 radical (unpaired) electrons. The summed E-state index contributed by atoms with van der Waals surface area (Å²) >= 11 is 0. The standard InChI is InChI=1S/C34H44N8O4/c1-21(2)29(33(43)45-5)39-31-23-11-7-9-13-25(23)35-27(37-31)19-41-15-17-42(18-16-41)20-28-36-26-14-10-8-12-24(26)32(38-28)40-30(22(3)4)34(44)46-6/h7-14,21-22,29-30H,15-20H2,1-6H3,(H,35,37,39)(H,36,38,40)/t29-,30?/m0/s1. The number of aromatic nitrogens is 4. The van der Waals surface area contributed by atoms with Crippen molar-refractivity contribution in [2.24, 2.45) is 11.8 Å². The van der Waals surface area contributed by atoms with Crippen LogP contribution in [0.2, 0.25) is 0 Å². The fourth-order valence-electron chi connectivity index (χ4n) is 5.66. The van der Waals surface area contributed by atoms with Crippen LogP contribution in [0.4, 0.5) is 11.6 Å². The molecule has 12 heteroatoms. The fourth-order valence-corrected chi connectivity index (χ4v) is 5.66. The van der Waals surface area contributed by atoms with Gasteiger partial charge in [0.1, 0.15) is 35.4 Å². The lowest BCUT2D eigenvalue weighted by Crippen LogP contribution is -2.45. The summed E-state index contributed by atoms with van der Waals surface area (Å²) < 4.78 is 10.1. The van der Waals surface area contributed by atoms with Crippen LogP contribution >= 0.6 is 0 Å². The zero-order chi connectivity index (χ0) is 32.8. The fraction of sp³-hybridized carbons (Fsp3) is 0.471. The van der Waals surface area contributed by atoms with Crippen LogP contribution in [0.1, 0.15) is 39.3 Å². The molecule has 1 fully saturated rings. The molecular weight excluding hydrogens is 584 g/mol. The molecule has 244 valence electrons. The number of fused-ring (bicyclic) bond motifs is 2. The minimum atomic E-state index is -0.524. The van der Waals surface area contributed by atoms with Gasteiger partial charge in [0, 0.05) is 37.0 Å². The SMILES string of the molecule is COC(=O)C(Nc1nc(CN2CCN(Cc3nc(N[C@H](C(=O)OC)C(C)C)c4ccccc4n3)CC2)nc2ccccc12)C(C)C. The second kappa shape index (κ2) is 14.8. The Morgan fingerprint density at radius 2 is 1.02 bits per heavy atom. The molecule has 0 bridgehead atoms. The van der Waals surface area contributed by atoms with Crippen LogP contribution < -0.4 is 10.6 Å². The van der Waals surface area contributed by atoms with Crippen LogP contribution in [0.25, 0.3) is 21.8 Å². The molecule has 1 saturated heterocycles. The Morgan fingerprint density at radius 1 is 0.652 bits per heavy atom. The van der Waals surface area contributed by atoms with Gasteiger partial charge in [0.15, 0.2) is 0 Å². The molecule has 0 aliphatic carbocycles. The highest BCUT2D eigenvalue weighted by molar-refractivity contribution is 5.92. The summed E-state index contributed by atoms with van der Waals surface area (Å²) in [5, 5.41) is 8.39. The molecule has 1 aliphatic rings. The van der Waals surface area contributed by atoms with E-state index in [2.05, 4.69) is 20.4 Å². The lowest BCUT2D eigenvalue weighted by atomic mass is 10.0. The van der Waals surface area contributed by atoms with Crippen molar-refractivity contribution >= 4 is 45.4 Å². The first-order valence-corrected chi connectivity index (χ1v) is 15.8. The number of carbonyl (C=O) groups excluding carboxylic acids is 2. The number of benzene rings is 2. The highest BCUT2D eigenvalue weighted by atomic mass is 16.5. The Balaban J connectivity index is 1.28. The van der Waals surface area contributed by atoms with Crippen molar-refractivity contribution in [3.63, 3.8) is 0 Å². The number of rotatable bonds is 12. The number of hydrogen-bond donors (Lipinski definition) is 2. The van der Waals surface area contributed by atoms with Crippen LogP contribution in [-0.4, -0.2) is 94.2 Å². The quantitative estimate of drug-likeness (QED) is 0.219. The molecule has 12 nitrogen and oxygen atoms in total. The molecule has 3 heterocycles. The maximum atomic E-state index is 12.5. The number of hydrogen-bond acceptors (Lipinski definition) is 12. The van der Waals surface area contributed by atoms with Crippen molar-refractivity contribution in [2.45, 2.75) is 52.9 Å². The van der Waals surface area contributed by atoms with Gasteiger partial charge in [0.05, 0.1) is 38.3 Å². The van der Waals surface area contributed by atoms with Crippen molar-refractivity contribution in [3.8, 4) is 0 Å². The lowest BCUT2D eigenvalue weighted by molar-refractivity contribution is -0.143. The van der Waals surface area contributed by atoms with Gasteiger partial charge in [-0.2, -0.15) is 0 Å². The Hall–Kier alpha value is -4.42. The number of piperazine rings is 1. The molecule has 2 atom stereocenters. The third-order valence-electron chi connectivity index (χ3n) is 8.32. The van der Waals surface area contributed by atoms with E-state index in [1.165, 1.54) is 14.2 Å². The number of para-hydroxylation sites is 2. The molecule has 1 aliphatic heterocycles. The minimum absolute atomic E-state index is 0.0145. The molecule has 0 saturated carbocycles. The van der Waals surface area contributed by atoms with Gasteiger partial charge >= 0.3 is 11.9 Å². The van der Waals surface area contributed by atoms with E-state index in [9.17, 15) is 9.59 Å². The highest BCUT2D eigenvalue weighted by Crippen LogP contribution is 2.25. The topological polar surface area (TPSA) is 135 Å². The summed E-state index contributed by atoms with van der Waals surface area (Å²) in [6, 6.07) is 14.6. The minimum Gasteiger partial charge on any atom is -0.467 e. The summed E-state index contributed by atoms with van der Waals surface area (Å²) in [5.74, 6) is 2.04. The number of carbonyl (C=O) groups is 2. The smallest absolute Gasteiger partial charge is 0.328 e. The summed E-state index contributed by atoms with van der Waals surface area (Å²) in [4.78, 5) is 49.1.